The molecule has 1 aromatic carbocycles. The maximum atomic E-state index is 12.9. The highest BCUT2D eigenvalue weighted by molar-refractivity contribution is 6.42. The predicted octanol–water partition coefficient (Wildman–Crippen LogP) is 3.36. The summed E-state index contributed by atoms with van der Waals surface area (Å²) in [6, 6.07) is 8.88. The summed E-state index contributed by atoms with van der Waals surface area (Å²) in [5.41, 5.74) is 3.30. The van der Waals surface area contributed by atoms with E-state index in [9.17, 15) is 4.79 Å². The highest BCUT2D eigenvalue weighted by Crippen LogP contribution is 2.39. The first-order chi connectivity index (χ1) is 17.0. The molecule has 1 atom stereocenters. The number of nitrogens with one attached hydrogen (secondary N) is 2. The number of rotatable bonds is 8. The van der Waals surface area contributed by atoms with E-state index in [1.54, 1.807) is 7.11 Å². The fourth-order valence-electron chi connectivity index (χ4n) is 5.52. The number of amides is 1. The molecule has 3 aliphatic rings. The number of ether oxygens (including phenoxy) is 1. The number of methoxy groups -OCH3 is 1. The molecule has 1 unspecified atom stereocenters. The molecule has 1 amide bonds. The van der Waals surface area contributed by atoms with E-state index in [1.165, 1.54) is 31.2 Å². The summed E-state index contributed by atoms with van der Waals surface area (Å²) in [7, 11) is 3.97. The SMILES string of the molecule is COCCN(C)C1CCC(c2ccc(NC(=O)C3=NCC(C#N)N3)c(N3CCC(C)CC3)c2)CC1. The number of nitriles is 1. The van der Waals surface area contributed by atoms with Gasteiger partial charge in [0.05, 0.1) is 30.6 Å². The molecule has 2 heterocycles. The van der Waals surface area contributed by atoms with Gasteiger partial charge in [-0.15, -0.1) is 0 Å². The molecule has 8 heteroatoms. The third-order valence-corrected chi connectivity index (χ3v) is 7.95. The number of hydrogen-bond acceptors (Lipinski definition) is 7. The number of amidine groups is 1. The lowest BCUT2D eigenvalue weighted by atomic mass is 9.81. The minimum Gasteiger partial charge on any atom is -0.383 e. The molecular weight excluding hydrogens is 440 g/mol. The van der Waals surface area contributed by atoms with Crippen LogP contribution in [-0.2, 0) is 9.53 Å². The fourth-order valence-corrected chi connectivity index (χ4v) is 5.52. The molecule has 1 aliphatic carbocycles. The Hall–Kier alpha value is -2.63. The van der Waals surface area contributed by atoms with Crippen LogP contribution in [0.1, 0.15) is 56.9 Å². The van der Waals surface area contributed by atoms with Gasteiger partial charge >= 0.3 is 0 Å². The minimum atomic E-state index is -0.426. The number of benzene rings is 1. The largest absolute Gasteiger partial charge is 0.383 e. The first kappa shape index (κ1) is 25.5. The van der Waals surface area contributed by atoms with Crippen LogP contribution in [0.25, 0.3) is 0 Å². The Morgan fingerprint density at radius 2 is 2.00 bits per heavy atom. The van der Waals surface area contributed by atoms with Gasteiger partial charge in [0.2, 0.25) is 0 Å². The van der Waals surface area contributed by atoms with Crippen LogP contribution >= 0.6 is 0 Å². The number of piperidine rings is 1. The van der Waals surface area contributed by atoms with Crippen molar-refractivity contribution in [3.63, 3.8) is 0 Å². The summed E-state index contributed by atoms with van der Waals surface area (Å²) in [6.45, 7) is 6.39. The summed E-state index contributed by atoms with van der Waals surface area (Å²) in [5.74, 6) is 1.25. The minimum absolute atomic E-state index is 0.245. The number of hydrogen-bond donors (Lipinski definition) is 2. The molecule has 0 bridgehead atoms. The lowest BCUT2D eigenvalue weighted by molar-refractivity contribution is -0.110. The Kier molecular flexibility index (Phi) is 8.64. The van der Waals surface area contributed by atoms with Crippen LogP contribution in [0.15, 0.2) is 23.2 Å². The molecule has 0 spiro atoms. The molecular formula is C27H40N6O2. The maximum Gasteiger partial charge on any atom is 0.290 e. The Labute approximate surface area is 209 Å². The van der Waals surface area contributed by atoms with Crippen molar-refractivity contribution in [3.8, 4) is 6.07 Å². The predicted molar refractivity (Wildman–Crippen MR) is 140 cm³/mol. The number of anilines is 2. The summed E-state index contributed by atoms with van der Waals surface area (Å²) < 4.78 is 5.25. The zero-order valence-electron chi connectivity index (χ0n) is 21.4. The lowest BCUT2D eigenvalue weighted by Gasteiger charge is -2.36. The Bertz CT molecular complexity index is 941. The van der Waals surface area contributed by atoms with Gasteiger partial charge in [-0.3, -0.25) is 9.79 Å². The van der Waals surface area contributed by atoms with E-state index < -0.39 is 6.04 Å². The third kappa shape index (κ3) is 6.33. The average Bonchev–Trinajstić information content (AvgIpc) is 3.38. The molecule has 0 radical (unpaired) electrons. The van der Waals surface area contributed by atoms with Crippen LogP contribution in [0.3, 0.4) is 0 Å². The summed E-state index contributed by atoms with van der Waals surface area (Å²) in [4.78, 5) is 22.0. The van der Waals surface area contributed by atoms with Gasteiger partial charge in [0.15, 0.2) is 5.84 Å². The second-order valence-corrected chi connectivity index (χ2v) is 10.4. The molecule has 1 saturated carbocycles. The maximum absolute atomic E-state index is 12.9. The molecule has 4 rings (SSSR count). The monoisotopic (exact) mass is 480 g/mol. The summed E-state index contributed by atoms with van der Waals surface area (Å²) >= 11 is 0. The quantitative estimate of drug-likeness (QED) is 0.593. The van der Waals surface area contributed by atoms with Crippen LogP contribution in [0, 0.1) is 17.2 Å². The van der Waals surface area contributed by atoms with Crippen molar-refractivity contribution in [1.82, 2.24) is 10.2 Å². The Morgan fingerprint density at radius 1 is 1.26 bits per heavy atom. The van der Waals surface area contributed by atoms with E-state index in [1.807, 2.05) is 0 Å². The molecule has 2 N–H and O–H groups in total. The molecule has 1 aromatic rings. The second kappa shape index (κ2) is 11.9. The first-order valence-electron chi connectivity index (χ1n) is 13.1. The van der Waals surface area contributed by atoms with Gasteiger partial charge < -0.3 is 25.2 Å². The average molecular weight is 481 g/mol. The Morgan fingerprint density at radius 3 is 2.66 bits per heavy atom. The van der Waals surface area contributed by atoms with E-state index >= 15 is 0 Å². The number of nitrogens with zero attached hydrogens (tertiary/aromatic N) is 4. The van der Waals surface area contributed by atoms with Gasteiger partial charge in [-0.2, -0.15) is 5.26 Å². The molecule has 1 saturated heterocycles. The van der Waals surface area contributed by atoms with E-state index in [2.05, 4.69) is 63.7 Å². The van der Waals surface area contributed by atoms with Crippen molar-refractivity contribution in [3.05, 3.63) is 23.8 Å². The van der Waals surface area contributed by atoms with Gasteiger partial charge in [-0.1, -0.05) is 13.0 Å². The zero-order chi connectivity index (χ0) is 24.8. The molecule has 2 fully saturated rings. The van der Waals surface area contributed by atoms with Gasteiger partial charge in [0.1, 0.15) is 6.04 Å². The van der Waals surface area contributed by atoms with Gasteiger partial charge in [0, 0.05) is 32.8 Å². The van der Waals surface area contributed by atoms with Crippen molar-refractivity contribution in [1.29, 1.82) is 5.26 Å². The number of carbonyl (C=O) groups is 1. The van der Waals surface area contributed by atoms with Crippen molar-refractivity contribution >= 4 is 23.1 Å². The van der Waals surface area contributed by atoms with Crippen molar-refractivity contribution in [2.45, 2.75) is 63.5 Å². The topological polar surface area (TPSA) is 93.0 Å². The van der Waals surface area contributed by atoms with E-state index in [-0.39, 0.29) is 11.7 Å². The fraction of sp³-hybridized carbons (Fsp3) is 0.667. The summed E-state index contributed by atoms with van der Waals surface area (Å²) in [6.07, 6.45) is 7.08. The summed E-state index contributed by atoms with van der Waals surface area (Å²) in [5, 5.41) is 15.1. The Balaban J connectivity index is 1.47. The number of aliphatic imine (C=N–C) groups is 1. The zero-order valence-corrected chi connectivity index (χ0v) is 21.4. The molecule has 0 aromatic heterocycles. The van der Waals surface area contributed by atoms with Crippen LogP contribution in [0.5, 0.6) is 0 Å². The second-order valence-electron chi connectivity index (χ2n) is 10.4. The molecule has 8 nitrogen and oxygen atoms in total. The van der Waals surface area contributed by atoms with Crippen molar-refractivity contribution < 1.29 is 9.53 Å². The van der Waals surface area contributed by atoms with Crippen LogP contribution < -0.4 is 15.5 Å². The van der Waals surface area contributed by atoms with Crippen LogP contribution in [0.2, 0.25) is 0 Å². The first-order valence-corrected chi connectivity index (χ1v) is 13.1. The highest BCUT2D eigenvalue weighted by atomic mass is 16.5. The van der Waals surface area contributed by atoms with Gasteiger partial charge in [-0.05, 0) is 75.1 Å². The van der Waals surface area contributed by atoms with E-state index in [4.69, 9.17) is 10.00 Å². The third-order valence-electron chi connectivity index (χ3n) is 7.95. The van der Waals surface area contributed by atoms with Crippen LogP contribution in [0.4, 0.5) is 11.4 Å². The van der Waals surface area contributed by atoms with Gasteiger partial charge in [-0.25, -0.2) is 0 Å². The van der Waals surface area contributed by atoms with Crippen LogP contribution in [-0.4, -0.2) is 75.7 Å². The molecule has 35 heavy (non-hydrogen) atoms. The highest BCUT2D eigenvalue weighted by Gasteiger charge is 2.28. The van der Waals surface area contributed by atoms with E-state index in [0.29, 0.717) is 18.5 Å². The number of likely N-dealkylation sites (N-methyl/N-ethyl adjacent to an activating group) is 1. The van der Waals surface area contributed by atoms with Crippen molar-refractivity contribution in [2.75, 3.05) is 57.2 Å². The lowest BCUT2D eigenvalue weighted by Crippen LogP contribution is -2.38. The molecule has 190 valence electrons. The van der Waals surface area contributed by atoms with Crippen molar-refractivity contribution in [2.24, 2.45) is 10.9 Å². The molecule has 2 aliphatic heterocycles. The van der Waals surface area contributed by atoms with Gasteiger partial charge in [0.25, 0.3) is 5.91 Å². The standard InChI is InChI=1S/C27H40N6O2/c1-19-10-12-33(13-11-19)25-16-21(20-4-7-23(8-5-20)32(2)14-15-35-3)6-9-24(25)31-27(34)26-29-18-22(17-28)30-26/h6,9,16,19-20,22-23H,4-5,7-8,10-15,18H2,1-3H3,(H,29,30)(H,31,34). The smallest absolute Gasteiger partial charge is 0.290 e. The van der Waals surface area contributed by atoms with E-state index in [0.717, 1.165) is 56.4 Å². The number of carbonyl (C=O) groups excluding carboxylic acids is 1. The normalized spacial score (nSPS) is 25.2.